The van der Waals surface area contributed by atoms with Crippen molar-refractivity contribution in [1.82, 2.24) is 14.7 Å². The van der Waals surface area contributed by atoms with E-state index in [1.54, 1.807) is 0 Å². The van der Waals surface area contributed by atoms with Crippen molar-refractivity contribution in [3.8, 4) is 0 Å². The molecule has 118 valence electrons. The molecule has 2 heterocycles. The zero-order valence-electron chi connectivity index (χ0n) is 14.1. The number of piperazine rings is 1. The van der Waals surface area contributed by atoms with E-state index in [4.69, 9.17) is 0 Å². The van der Waals surface area contributed by atoms with Crippen LogP contribution in [-0.2, 0) is 0 Å². The molecule has 0 N–H and O–H groups in total. The van der Waals surface area contributed by atoms with Crippen LogP contribution in [0.25, 0.3) is 0 Å². The Bertz CT molecular complexity index is 269. The highest BCUT2D eigenvalue weighted by atomic mass is 15.3. The van der Waals surface area contributed by atoms with Crippen molar-refractivity contribution in [2.24, 2.45) is 5.92 Å². The van der Waals surface area contributed by atoms with E-state index >= 15 is 0 Å². The minimum Gasteiger partial charge on any atom is -0.301 e. The standard InChI is InChI=1S/C17H35N3/c1-15(2)19-8-5-6-17(7-9-19)14-18-10-12-20(13-11-18)16(3)4/h15-17H,5-14H2,1-4H3. The van der Waals surface area contributed by atoms with Crippen LogP contribution in [0.4, 0.5) is 0 Å². The minimum absolute atomic E-state index is 0.717. The van der Waals surface area contributed by atoms with Gasteiger partial charge in [-0.1, -0.05) is 0 Å². The third kappa shape index (κ3) is 4.71. The van der Waals surface area contributed by atoms with Crippen LogP contribution in [0.2, 0.25) is 0 Å². The Hall–Kier alpha value is -0.120. The lowest BCUT2D eigenvalue weighted by Gasteiger charge is -2.38. The molecule has 0 bridgehead atoms. The van der Waals surface area contributed by atoms with Crippen molar-refractivity contribution >= 4 is 0 Å². The van der Waals surface area contributed by atoms with Gasteiger partial charge in [-0.2, -0.15) is 0 Å². The molecule has 0 aliphatic carbocycles. The summed E-state index contributed by atoms with van der Waals surface area (Å²) >= 11 is 0. The lowest BCUT2D eigenvalue weighted by Crippen LogP contribution is -2.49. The second kappa shape index (κ2) is 7.77. The lowest BCUT2D eigenvalue weighted by atomic mass is 9.99. The van der Waals surface area contributed by atoms with Crippen molar-refractivity contribution in [2.75, 3.05) is 45.8 Å². The van der Waals surface area contributed by atoms with E-state index in [-0.39, 0.29) is 0 Å². The fraction of sp³-hybridized carbons (Fsp3) is 1.00. The summed E-state index contributed by atoms with van der Waals surface area (Å²) in [6, 6.07) is 1.44. The van der Waals surface area contributed by atoms with Crippen molar-refractivity contribution in [3.05, 3.63) is 0 Å². The molecule has 2 fully saturated rings. The Morgan fingerprint density at radius 2 is 1.35 bits per heavy atom. The van der Waals surface area contributed by atoms with E-state index in [1.165, 1.54) is 65.1 Å². The maximum absolute atomic E-state index is 2.72. The van der Waals surface area contributed by atoms with Crippen molar-refractivity contribution in [2.45, 2.75) is 59.0 Å². The van der Waals surface area contributed by atoms with Gasteiger partial charge in [-0.15, -0.1) is 0 Å². The summed E-state index contributed by atoms with van der Waals surface area (Å²) in [6.45, 7) is 18.4. The molecule has 3 heteroatoms. The lowest BCUT2D eigenvalue weighted by molar-refractivity contribution is 0.0942. The summed E-state index contributed by atoms with van der Waals surface area (Å²) < 4.78 is 0. The molecular weight excluding hydrogens is 246 g/mol. The number of rotatable bonds is 4. The number of nitrogens with zero attached hydrogens (tertiary/aromatic N) is 3. The Balaban J connectivity index is 1.72. The van der Waals surface area contributed by atoms with Gasteiger partial charge in [0.25, 0.3) is 0 Å². The Labute approximate surface area is 126 Å². The van der Waals surface area contributed by atoms with Crippen LogP contribution >= 0.6 is 0 Å². The highest BCUT2D eigenvalue weighted by Crippen LogP contribution is 2.20. The fourth-order valence-corrected chi connectivity index (χ4v) is 3.71. The fourth-order valence-electron chi connectivity index (χ4n) is 3.71. The van der Waals surface area contributed by atoms with Crippen molar-refractivity contribution in [1.29, 1.82) is 0 Å². The second-order valence-electron chi connectivity index (χ2n) is 7.36. The molecule has 0 aromatic carbocycles. The maximum Gasteiger partial charge on any atom is 0.0113 e. The van der Waals surface area contributed by atoms with E-state index in [0.29, 0.717) is 0 Å². The molecule has 20 heavy (non-hydrogen) atoms. The first kappa shape index (κ1) is 16.3. The molecule has 0 aromatic rings. The van der Waals surface area contributed by atoms with Gasteiger partial charge in [0.1, 0.15) is 0 Å². The van der Waals surface area contributed by atoms with Crippen LogP contribution in [0.1, 0.15) is 47.0 Å². The number of hydrogen-bond acceptors (Lipinski definition) is 3. The minimum atomic E-state index is 0.717. The first-order chi connectivity index (χ1) is 9.56. The average Bonchev–Trinajstić information content (AvgIpc) is 2.65. The van der Waals surface area contributed by atoms with E-state index < -0.39 is 0 Å². The van der Waals surface area contributed by atoms with Gasteiger partial charge >= 0.3 is 0 Å². The van der Waals surface area contributed by atoms with Crippen LogP contribution in [0.3, 0.4) is 0 Å². The number of likely N-dealkylation sites (tertiary alicyclic amines) is 1. The van der Waals surface area contributed by atoms with Crippen LogP contribution in [0.15, 0.2) is 0 Å². The second-order valence-corrected chi connectivity index (χ2v) is 7.36. The molecule has 1 atom stereocenters. The van der Waals surface area contributed by atoms with Gasteiger partial charge in [0.15, 0.2) is 0 Å². The largest absolute Gasteiger partial charge is 0.301 e. The summed E-state index contributed by atoms with van der Waals surface area (Å²) in [7, 11) is 0. The molecule has 2 aliphatic rings. The first-order valence-corrected chi connectivity index (χ1v) is 8.76. The van der Waals surface area contributed by atoms with E-state index in [0.717, 1.165) is 18.0 Å². The van der Waals surface area contributed by atoms with Crippen LogP contribution in [0, 0.1) is 5.92 Å². The SMILES string of the molecule is CC(C)N1CCCC(CN2CCN(C(C)C)CC2)CC1. The summed E-state index contributed by atoms with van der Waals surface area (Å²) in [5.41, 5.74) is 0. The first-order valence-electron chi connectivity index (χ1n) is 8.76. The smallest absolute Gasteiger partial charge is 0.0113 e. The van der Waals surface area contributed by atoms with Gasteiger partial charge in [-0.25, -0.2) is 0 Å². The summed E-state index contributed by atoms with van der Waals surface area (Å²) in [4.78, 5) is 8.00. The summed E-state index contributed by atoms with van der Waals surface area (Å²) in [5, 5.41) is 0. The zero-order chi connectivity index (χ0) is 14.5. The molecule has 0 amide bonds. The molecule has 0 spiro atoms. The third-order valence-electron chi connectivity index (χ3n) is 5.27. The normalized spacial score (nSPS) is 28.2. The van der Waals surface area contributed by atoms with Crippen LogP contribution < -0.4 is 0 Å². The molecule has 2 rings (SSSR count). The molecule has 3 nitrogen and oxygen atoms in total. The molecule has 2 saturated heterocycles. The maximum atomic E-state index is 2.72. The predicted octanol–water partition coefficient (Wildman–Crippen LogP) is 2.52. The average molecular weight is 281 g/mol. The van der Waals surface area contributed by atoms with E-state index in [1.807, 2.05) is 0 Å². The molecule has 0 saturated carbocycles. The van der Waals surface area contributed by atoms with Gasteiger partial charge in [0.2, 0.25) is 0 Å². The Kier molecular flexibility index (Phi) is 6.31. The molecule has 0 aromatic heterocycles. The van der Waals surface area contributed by atoms with Crippen LogP contribution in [0.5, 0.6) is 0 Å². The van der Waals surface area contributed by atoms with E-state index in [2.05, 4.69) is 42.4 Å². The topological polar surface area (TPSA) is 9.72 Å². The van der Waals surface area contributed by atoms with Gasteiger partial charge in [0.05, 0.1) is 0 Å². The quantitative estimate of drug-likeness (QED) is 0.784. The van der Waals surface area contributed by atoms with Gasteiger partial charge in [-0.05, 0) is 66.0 Å². The Morgan fingerprint density at radius 3 is 1.95 bits per heavy atom. The number of hydrogen-bond donors (Lipinski definition) is 0. The van der Waals surface area contributed by atoms with Crippen molar-refractivity contribution < 1.29 is 0 Å². The monoisotopic (exact) mass is 281 g/mol. The zero-order valence-corrected chi connectivity index (χ0v) is 14.1. The highest BCUT2D eigenvalue weighted by Gasteiger charge is 2.23. The van der Waals surface area contributed by atoms with Gasteiger partial charge < -0.3 is 9.80 Å². The molecule has 2 aliphatic heterocycles. The molecular formula is C17H35N3. The highest BCUT2D eigenvalue weighted by molar-refractivity contribution is 4.79. The van der Waals surface area contributed by atoms with Crippen molar-refractivity contribution in [3.63, 3.8) is 0 Å². The predicted molar refractivity (Wildman–Crippen MR) is 87.2 cm³/mol. The summed E-state index contributed by atoms with van der Waals surface area (Å²) in [6.07, 6.45) is 4.24. The van der Waals surface area contributed by atoms with Gasteiger partial charge in [-0.3, -0.25) is 4.90 Å². The third-order valence-corrected chi connectivity index (χ3v) is 5.27. The summed E-state index contributed by atoms with van der Waals surface area (Å²) in [5.74, 6) is 0.935. The van der Waals surface area contributed by atoms with E-state index in [9.17, 15) is 0 Å². The molecule has 0 radical (unpaired) electrons. The van der Waals surface area contributed by atoms with Gasteiger partial charge in [0, 0.05) is 44.8 Å². The van der Waals surface area contributed by atoms with Crippen LogP contribution in [-0.4, -0.2) is 72.6 Å². The molecule has 1 unspecified atom stereocenters. The Morgan fingerprint density at radius 1 is 0.750 bits per heavy atom.